The van der Waals surface area contributed by atoms with Crippen LogP contribution < -0.4 is 16.4 Å². The number of amides is 1. The Bertz CT molecular complexity index is 637. The Morgan fingerprint density at radius 2 is 1.95 bits per heavy atom. The van der Waals surface area contributed by atoms with E-state index in [0.717, 1.165) is 5.69 Å². The van der Waals surface area contributed by atoms with Gasteiger partial charge in [0.25, 0.3) is 5.91 Å². The molecule has 0 aromatic heterocycles. The summed E-state index contributed by atoms with van der Waals surface area (Å²) in [6.45, 7) is 2.74. The molecule has 0 aliphatic heterocycles. The van der Waals surface area contributed by atoms with Crippen molar-refractivity contribution in [1.29, 1.82) is 0 Å². The second-order valence-corrected chi connectivity index (χ2v) is 4.99. The molecular weight excluding hydrogens is 250 g/mol. The van der Waals surface area contributed by atoms with Crippen molar-refractivity contribution in [3.63, 3.8) is 0 Å². The molecule has 0 saturated carbocycles. The summed E-state index contributed by atoms with van der Waals surface area (Å²) in [5, 5.41) is 0. The summed E-state index contributed by atoms with van der Waals surface area (Å²) in [4.78, 5) is 13.5. The van der Waals surface area contributed by atoms with Crippen LogP contribution in [0.2, 0.25) is 0 Å². The highest BCUT2D eigenvalue weighted by atomic mass is 16.1. The molecule has 0 saturated heterocycles. The van der Waals surface area contributed by atoms with Gasteiger partial charge in [0.2, 0.25) is 0 Å². The Labute approximate surface area is 119 Å². The number of hydrogen-bond acceptors (Lipinski definition) is 3. The number of nitrogen functional groups attached to an aromatic ring is 1. The van der Waals surface area contributed by atoms with Crippen molar-refractivity contribution in [2.75, 3.05) is 17.7 Å². The van der Waals surface area contributed by atoms with Crippen molar-refractivity contribution in [2.45, 2.75) is 13.5 Å². The van der Waals surface area contributed by atoms with Gasteiger partial charge in [-0.3, -0.25) is 4.79 Å². The molecule has 1 amide bonds. The maximum absolute atomic E-state index is 11.5. The van der Waals surface area contributed by atoms with E-state index in [1.165, 1.54) is 11.1 Å². The molecule has 2 aromatic rings. The van der Waals surface area contributed by atoms with Gasteiger partial charge in [0.1, 0.15) is 0 Å². The van der Waals surface area contributed by atoms with Gasteiger partial charge in [-0.25, -0.2) is 0 Å². The fraction of sp³-hybridized carbons (Fsp3) is 0.188. The van der Waals surface area contributed by atoms with E-state index in [2.05, 4.69) is 25.1 Å². The van der Waals surface area contributed by atoms with Crippen LogP contribution in [0.1, 0.15) is 21.5 Å². The molecule has 0 radical (unpaired) electrons. The van der Waals surface area contributed by atoms with Crippen molar-refractivity contribution >= 4 is 17.3 Å². The summed E-state index contributed by atoms with van der Waals surface area (Å²) in [6.07, 6.45) is 0. The first-order valence-corrected chi connectivity index (χ1v) is 6.43. The molecule has 104 valence electrons. The van der Waals surface area contributed by atoms with E-state index in [1.807, 2.05) is 18.0 Å². The smallest absolute Gasteiger partial charge is 0.250 e. The predicted molar refractivity (Wildman–Crippen MR) is 82.7 cm³/mol. The lowest BCUT2D eigenvalue weighted by Gasteiger charge is -2.22. The van der Waals surface area contributed by atoms with Crippen LogP contribution in [0.25, 0.3) is 0 Å². The zero-order chi connectivity index (χ0) is 14.7. The molecule has 2 rings (SSSR count). The summed E-state index contributed by atoms with van der Waals surface area (Å²) in [7, 11) is 1.92. The van der Waals surface area contributed by atoms with E-state index in [9.17, 15) is 4.79 Å². The largest absolute Gasteiger partial charge is 0.399 e. The fourth-order valence-corrected chi connectivity index (χ4v) is 2.24. The van der Waals surface area contributed by atoms with Gasteiger partial charge in [-0.1, -0.05) is 29.8 Å². The third-order valence-corrected chi connectivity index (χ3v) is 3.20. The minimum atomic E-state index is -0.448. The van der Waals surface area contributed by atoms with E-state index >= 15 is 0 Å². The average Bonchev–Trinajstić information content (AvgIpc) is 2.38. The minimum absolute atomic E-state index is 0.448. The number of hydrogen-bond donors (Lipinski definition) is 2. The van der Waals surface area contributed by atoms with E-state index in [-0.39, 0.29) is 0 Å². The van der Waals surface area contributed by atoms with E-state index in [4.69, 9.17) is 11.5 Å². The van der Waals surface area contributed by atoms with Crippen LogP contribution >= 0.6 is 0 Å². The molecule has 0 aliphatic carbocycles. The molecule has 0 atom stereocenters. The van der Waals surface area contributed by atoms with Crippen LogP contribution in [-0.2, 0) is 6.54 Å². The van der Waals surface area contributed by atoms with Gasteiger partial charge in [0.05, 0.1) is 11.3 Å². The SMILES string of the molecule is Cc1cccc(CN(C)c2cc(N)ccc2C(N)=O)c1. The fourth-order valence-electron chi connectivity index (χ4n) is 2.24. The number of primary amides is 1. The zero-order valence-electron chi connectivity index (χ0n) is 11.8. The summed E-state index contributed by atoms with van der Waals surface area (Å²) < 4.78 is 0. The molecule has 0 spiro atoms. The van der Waals surface area contributed by atoms with Crippen LogP contribution in [0.5, 0.6) is 0 Å². The summed E-state index contributed by atoms with van der Waals surface area (Å²) in [5.74, 6) is -0.448. The Morgan fingerprint density at radius 3 is 2.60 bits per heavy atom. The van der Waals surface area contributed by atoms with E-state index in [1.54, 1.807) is 18.2 Å². The van der Waals surface area contributed by atoms with Crippen LogP contribution in [0.3, 0.4) is 0 Å². The number of nitrogens with two attached hydrogens (primary N) is 2. The quantitative estimate of drug-likeness (QED) is 0.837. The highest BCUT2D eigenvalue weighted by Crippen LogP contribution is 2.24. The third kappa shape index (κ3) is 3.09. The molecular formula is C16H19N3O. The highest BCUT2D eigenvalue weighted by molar-refractivity contribution is 5.99. The monoisotopic (exact) mass is 269 g/mol. The first kappa shape index (κ1) is 13.9. The number of benzene rings is 2. The maximum atomic E-state index is 11.5. The second kappa shape index (κ2) is 5.65. The van der Waals surface area contributed by atoms with Gasteiger partial charge >= 0.3 is 0 Å². The minimum Gasteiger partial charge on any atom is -0.399 e. The highest BCUT2D eigenvalue weighted by Gasteiger charge is 2.12. The summed E-state index contributed by atoms with van der Waals surface area (Å²) in [5.41, 5.74) is 15.4. The molecule has 0 bridgehead atoms. The van der Waals surface area contributed by atoms with Crippen LogP contribution in [0.4, 0.5) is 11.4 Å². The Hall–Kier alpha value is -2.49. The molecule has 4 N–H and O–H groups in total. The van der Waals surface area contributed by atoms with Gasteiger partial charge in [-0.2, -0.15) is 0 Å². The Kier molecular flexibility index (Phi) is 3.94. The number of aryl methyl sites for hydroxylation is 1. The van der Waals surface area contributed by atoms with Crippen LogP contribution in [0, 0.1) is 6.92 Å². The second-order valence-electron chi connectivity index (χ2n) is 4.99. The molecule has 20 heavy (non-hydrogen) atoms. The predicted octanol–water partition coefficient (Wildman–Crippen LogP) is 2.31. The number of nitrogens with zero attached hydrogens (tertiary/aromatic N) is 1. The van der Waals surface area contributed by atoms with Gasteiger partial charge in [0.15, 0.2) is 0 Å². The first-order valence-electron chi connectivity index (χ1n) is 6.43. The zero-order valence-corrected chi connectivity index (χ0v) is 11.8. The molecule has 0 fully saturated rings. The van der Waals surface area contributed by atoms with Crippen molar-refractivity contribution in [1.82, 2.24) is 0 Å². The molecule has 0 unspecified atom stereocenters. The number of rotatable bonds is 4. The van der Waals surface area contributed by atoms with Crippen LogP contribution in [-0.4, -0.2) is 13.0 Å². The topological polar surface area (TPSA) is 72.3 Å². The lowest BCUT2D eigenvalue weighted by Crippen LogP contribution is -2.22. The van der Waals surface area contributed by atoms with E-state index in [0.29, 0.717) is 17.8 Å². The van der Waals surface area contributed by atoms with Gasteiger partial charge in [0, 0.05) is 19.3 Å². The average molecular weight is 269 g/mol. The number of carbonyl (C=O) groups is 1. The van der Waals surface area contributed by atoms with Crippen molar-refractivity contribution < 1.29 is 4.79 Å². The first-order chi connectivity index (χ1) is 9.47. The van der Waals surface area contributed by atoms with Crippen molar-refractivity contribution in [3.05, 3.63) is 59.2 Å². The molecule has 4 heteroatoms. The number of carbonyl (C=O) groups excluding carboxylic acids is 1. The number of anilines is 2. The normalized spacial score (nSPS) is 10.3. The molecule has 4 nitrogen and oxygen atoms in total. The molecule has 0 aliphatic rings. The molecule has 0 heterocycles. The van der Waals surface area contributed by atoms with Gasteiger partial charge in [-0.05, 0) is 30.7 Å². The lowest BCUT2D eigenvalue weighted by atomic mass is 10.1. The lowest BCUT2D eigenvalue weighted by molar-refractivity contribution is 0.100. The Morgan fingerprint density at radius 1 is 1.20 bits per heavy atom. The summed E-state index contributed by atoms with van der Waals surface area (Å²) in [6, 6.07) is 13.4. The summed E-state index contributed by atoms with van der Waals surface area (Å²) >= 11 is 0. The van der Waals surface area contributed by atoms with E-state index < -0.39 is 5.91 Å². The third-order valence-electron chi connectivity index (χ3n) is 3.20. The van der Waals surface area contributed by atoms with Crippen molar-refractivity contribution in [3.8, 4) is 0 Å². The Balaban J connectivity index is 2.31. The van der Waals surface area contributed by atoms with Crippen LogP contribution in [0.15, 0.2) is 42.5 Å². The molecule has 2 aromatic carbocycles. The maximum Gasteiger partial charge on any atom is 0.250 e. The van der Waals surface area contributed by atoms with Gasteiger partial charge in [-0.15, -0.1) is 0 Å². The van der Waals surface area contributed by atoms with Gasteiger partial charge < -0.3 is 16.4 Å². The standard InChI is InChI=1S/C16H19N3O/c1-11-4-3-5-12(8-11)10-19(2)15-9-13(17)6-7-14(15)16(18)20/h3-9H,10,17H2,1-2H3,(H2,18,20). The van der Waals surface area contributed by atoms with Crippen molar-refractivity contribution in [2.24, 2.45) is 5.73 Å².